The van der Waals surface area contributed by atoms with E-state index in [2.05, 4.69) is 21.7 Å². The lowest BCUT2D eigenvalue weighted by atomic mass is 10.1. The van der Waals surface area contributed by atoms with Gasteiger partial charge in [-0.25, -0.2) is 4.98 Å². The van der Waals surface area contributed by atoms with Crippen LogP contribution in [0.25, 0.3) is 10.8 Å². The highest BCUT2D eigenvalue weighted by atomic mass is 16.5. The summed E-state index contributed by atoms with van der Waals surface area (Å²) in [6.45, 7) is 2.06. The maximum absolute atomic E-state index is 5.25. The minimum atomic E-state index is 0.565. The Kier molecular flexibility index (Phi) is 3.51. The maximum Gasteiger partial charge on any atom is 0.133 e. The second-order valence-corrected chi connectivity index (χ2v) is 4.92. The van der Waals surface area contributed by atoms with Crippen LogP contribution in [-0.4, -0.2) is 31.2 Å². The molecule has 1 saturated heterocycles. The second kappa shape index (κ2) is 5.45. The van der Waals surface area contributed by atoms with Crippen LogP contribution >= 0.6 is 0 Å². The zero-order chi connectivity index (χ0) is 13.1. The lowest BCUT2D eigenvalue weighted by molar-refractivity contribution is 0.415. The number of hydrogen-bond donors (Lipinski definition) is 2. The fourth-order valence-corrected chi connectivity index (χ4v) is 2.57. The summed E-state index contributed by atoms with van der Waals surface area (Å²) in [5, 5.41) is 9.22. The van der Waals surface area contributed by atoms with Gasteiger partial charge < -0.3 is 15.4 Å². The molecule has 0 radical (unpaired) electrons. The average molecular weight is 257 g/mol. The smallest absolute Gasteiger partial charge is 0.133 e. The van der Waals surface area contributed by atoms with Crippen LogP contribution in [0, 0.1) is 0 Å². The summed E-state index contributed by atoms with van der Waals surface area (Å²) in [7, 11) is 1.69. The van der Waals surface area contributed by atoms with E-state index in [9.17, 15) is 0 Å². The first kappa shape index (κ1) is 12.2. The lowest BCUT2D eigenvalue weighted by Crippen LogP contribution is -2.29. The highest BCUT2D eigenvalue weighted by Gasteiger charge is 2.14. The Morgan fingerprint density at radius 3 is 3.16 bits per heavy atom. The number of rotatable bonds is 4. The molecular formula is C15H19N3O. The van der Waals surface area contributed by atoms with Crippen molar-refractivity contribution in [2.75, 3.05) is 25.5 Å². The molecule has 4 nitrogen and oxygen atoms in total. The molecule has 100 valence electrons. The van der Waals surface area contributed by atoms with E-state index in [4.69, 9.17) is 4.74 Å². The van der Waals surface area contributed by atoms with Crippen molar-refractivity contribution in [2.24, 2.45) is 0 Å². The molecule has 2 N–H and O–H groups in total. The van der Waals surface area contributed by atoms with Crippen LogP contribution in [0.3, 0.4) is 0 Å². The number of nitrogens with zero attached hydrogens (tertiary/aromatic N) is 1. The van der Waals surface area contributed by atoms with Gasteiger partial charge >= 0.3 is 0 Å². The quantitative estimate of drug-likeness (QED) is 0.883. The number of hydrogen-bond acceptors (Lipinski definition) is 4. The highest BCUT2D eigenvalue weighted by Crippen LogP contribution is 2.25. The molecule has 0 amide bonds. The lowest BCUT2D eigenvalue weighted by Gasteiger charge is -2.13. The molecule has 3 rings (SSSR count). The zero-order valence-corrected chi connectivity index (χ0v) is 11.1. The summed E-state index contributed by atoms with van der Waals surface area (Å²) in [5.74, 6) is 1.83. The fraction of sp³-hybridized carbons (Fsp3) is 0.400. The van der Waals surface area contributed by atoms with Crippen LogP contribution in [0.4, 0.5) is 5.82 Å². The molecule has 1 aliphatic heterocycles. The van der Waals surface area contributed by atoms with E-state index >= 15 is 0 Å². The first-order valence-electron chi connectivity index (χ1n) is 6.77. The molecule has 2 aromatic rings. The Morgan fingerprint density at radius 2 is 2.37 bits per heavy atom. The molecule has 1 aromatic carbocycles. The van der Waals surface area contributed by atoms with Crippen molar-refractivity contribution in [3.05, 3.63) is 30.5 Å². The zero-order valence-electron chi connectivity index (χ0n) is 11.1. The van der Waals surface area contributed by atoms with Gasteiger partial charge in [0.25, 0.3) is 0 Å². The molecule has 2 heterocycles. The van der Waals surface area contributed by atoms with Crippen LogP contribution in [0.15, 0.2) is 30.5 Å². The molecule has 19 heavy (non-hydrogen) atoms. The summed E-state index contributed by atoms with van der Waals surface area (Å²) in [6, 6.07) is 8.65. The van der Waals surface area contributed by atoms with Crippen molar-refractivity contribution in [3.63, 3.8) is 0 Å². The van der Waals surface area contributed by atoms with E-state index in [1.807, 2.05) is 24.4 Å². The summed E-state index contributed by atoms with van der Waals surface area (Å²) >= 11 is 0. The van der Waals surface area contributed by atoms with Gasteiger partial charge in [0.05, 0.1) is 7.11 Å². The predicted octanol–water partition coefficient (Wildman–Crippen LogP) is 2.41. The van der Waals surface area contributed by atoms with Gasteiger partial charge in [-0.1, -0.05) is 0 Å². The van der Waals surface area contributed by atoms with E-state index in [-0.39, 0.29) is 0 Å². The van der Waals surface area contributed by atoms with Gasteiger partial charge in [-0.3, -0.25) is 0 Å². The van der Waals surface area contributed by atoms with Crippen LogP contribution in [0.2, 0.25) is 0 Å². The molecular weight excluding hydrogens is 238 g/mol. The molecule has 0 aliphatic carbocycles. The van der Waals surface area contributed by atoms with Crippen molar-refractivity contribution < 1.29 is 4.74 Å². The van der Waals surface area contributed by atoms with E-state index in [1.54, 1.807) is 7.11 Å². The molecule has 1 atom stereocenters. The summed E-state index contributed by atoms with van der Waals surface area (Å²) in [5.41, 5.74) is 0. The predicted molar refractivity (Wildman–Crippen MR) is 77.8 cm³/mol. The number of pyridine rings is 1. The molecule has 1 unspecified atom stereocenters. The number of nitrogens with one attached hydrogen (secondary N) is 2. The number of methoxy groups -OCH3 is 1. The summed E-state index contributed by atoms with van der Waals surface area (Å²) < 4.78 is 5.25. The Bertz CT molecular complexity index is 564. The number of aromatic nitrogens is 1. The first-order chi connectivity index (χ1) is 9.36. The third-order valence-electron chi connectivity index (χ3n) is 3.65. The molecule has 0 spiro atoms. The molecule has 1 fully saturated rings. The Morgan fingerprint density at radius 1 is 1.42 bits per heavy atom. The number of benzene rings is 1. The van der Waals surface area contributed by atoms with Gasteiger partial charge in [0, 0.05) is 24.2 Å². The van der Waals surface area contributed by atoms with Gasteiger partial charge in [0.2, 0.25) is 0 Å². The Hall–Kier alpha value is -1.81. The monoisotopic (exact) mass is 257 g/mol. The summed E-state index contributed by atoms with van der Waals surface area (Å²) in [4.78, 5) is 4.44. The largest absolute Gasteiger partial charge is 0.497 e. The molecule has 1 aromatic heterocycles. The minimum Gasteiger partial charge on any atom is -0.497 e. The third-order valence-corrected chi connectivity index (χ3v) is 3.65. The van der Waals surface area contributed by atoms with E-state index in [0.717, 1.165) is 35.4 Å². The van der Waals surface area contributed by atoms with Gasteiger partial charge in [-0.2, -0.15) is 0 Å². The van der Waals surface area contributed by atoms with Gasteiger partial charge in [0.1, 0.15) is 11.6 Å². The molecule has 1 aliphatic rings. The van der Waals surface area contributed by atoms with Crippen LogP contribution in [0.5, 0.6) is 5.75 Å². The maximum atomic E-state index is 5.25. The van der Waals surface area contributed by atoms with Crippen LogP contribution in [0.1, 0.15) is 12.8 Å². The number of anilines is 1. The Balaban J connectivity index is 1.82. The van der Waals surface area contributed by atoms with Gasteiger partial charge in [0.15, 0.2) is 0 Å². The third kappa shape index (κ3) is 2.63. The Labute approximate surface area is 113 Å². The van der Waals surface area contributed by atoms with E-state index in [1.165, 1.54) is 12.8 Å². The minimum absolute atomic E-state index is 0.565. The number of fused-ring (bicyclic) bond motifs is 1. The van der Waals surface area contributed by atoms with E-state index in [0.29, 0.717) is 6.04 Å². The SMILES string of the molecule is COc1ccc2c(NCC3CCCN3)nccc2c1. The van der Waals surface area contributed by atoms with Gasteiger partial charge in [-0.15, -0.1) is 0 Å². The van der Waals surface area contributed by atoms with E-state index < -0.39 is 0 Å². The second-order valence-electron chi connectivity index (χ2n) is 4.92. The topological polar surface area (TPSA) is 46.2 Å². The fourth-order valence-electron chi connectivity index (χ4n) is 2.57. The van der Waals surface area contributed by atoms with Crippen LogP contribution in [-0.2, 0) is 0 Å². The van der Waals surface area contributed by atoms with Crippen LogP contribution < -0.4 is 15.4 Å². The number of ether oxygens (including phenoxy) is 1. The van der Waals surface area contributed by atoms with Crippen molar-refractivity contribution in [2.45, 2.75) is 18.9 Å². The van der Waals surface area contributed by atoms with Crippen molar-refractivity contribution >= 4 is 16.6 Å². The highest BCUT2D eigenvalue weighted by molar-refractivity contribution is 5.92. The van der Waals surface area contributed by atoms with Crippen molar-refractivity contribution in [3.8, 4) is 5.75 Å². The van der Waals surface area contributed by atoms with Crippen molar-refractivity contribution in [1.82, 2.24) is 10.3 Å². The molecule has 0 bridgehead atoms. The summed E-state index contributed by atoms with van der Waals surface area (Å²) in [6.07, 6.45) is 4.35. The van der Waals surface area contributed by atoms with Crippen molar-refractivity contribution in [1.29, 1.82) is 0 Å². The molecule has 4 heteroatoms. The van der Waals surface area contributed by atoms with Gasteiger partial charge in [-0.05, 0) is 49.0 Å². The molecule has 0 saturated carbocycles. The standard InChI is InChI=1S/C15H19N3O/c1-19-13-4-5-14-11(9-13)6-8-17-15(14)18-10-12-3-2-7-16-12/h4-6,8-9,12,16H,2-3,7,10H2,1H3,(H,17,18). The normalized spacial score (nSPS) is 18.7. The average Bonchev–Trinajstić information content (AvgIpc) is 2.97. The first-order valence-corrected chi connectivity index (χ1v) is 6.77.